The molecule has 0 unspecified atom stereocenters. The molecule has 3 nitrogen and oxygen atoms in total. The third-order valence-corrected chi connectivity index (χ3v) is 2.47. The van der Waals surface area contributed by atoms with E-state index in [-0.39, 0.29) is 11.4 Å². The topological polar surface area (TPSA) is 38.3 Å². The standard InChI is InChI=1S/C14H9F4NO2/c15-12-8-9(6-7-11(12)14(16,17)18)19-13(20)21-10-4-2-1-3-5-10/h1-8H,(H,19,20). The first-order valence-corrected chi connectivity index (χ1v) is 5.77. The van der Waals surface area contributed by atoms with E-state index in [0.29, 0.717) is 12.1 Å². The van der Waals surface area contributed by atoms with Gasteiger partial charge in [-0.1, -0.05) is 18.2 Å². The Bertz CT molecular complexity index is 641. The summed E-state index contributed by atoms with van der Waals surface area (Å²) in [6, 6.07) is 10.1. The van der Waals surface area contributed by atoms with Crippen molar-refractivity contribution in [1.29, 1.82) is 0 Å². The largest absolute Gasteiger partial charge is 0.419 e. The van der Waals surface area contributed by atoms with Gasteiger partial charge in [0.25, 0.3) is 0 Å². The molecule has 1 N–H and O–H groups in total. The van der Waals surface area contributed by atoms with Gasteiger partial charge in [0.1, 0.15) is 11.6 Å². The summed E-state index contributed by atoms with van der Waals surface area (Å²) in [5.41, 5.74) is -1.54. The summed E-state index contributed by atoms with van der Waals surface area (Å²) in [5.74, 6) is -1.22. The fourth-order valence-corrected chi connectivity index (χ4v) is 1.56. The number of ether oxygens (including phenoxy) is 1. The van der Waals surface area contributed by atoms with Crippen LogP contribution in [0.5, 0.6) is 5.75 Å². The van der Waals surface area contributed by atoms with Crippen molar-refractivity contribution in [3.8, 4) is 5.75 Å². The zero-order chi connectivity index (χ0) is 15.5. The molecule has 21 heavy (non-hydrogen) atoms. The second-order valence-electron chi connectivity index (χ2n) is 4.02. The van der Waals surface area contributed by atoms with Crippen LogP contribution in [0.1, 0.15) is 5.56 Å². The van der Waals surface area contributed by atoms with Gasteiger partial charge in [-0.3, -0.25) is 5.32 Å². The van der Waals surface area contributed by atoms with Crippen molar-refractivity contribution in [2.45, 2.75) is 6.18 Å². The molecule has 0 heterocycles. The quantitative estimate of drug-likeness (QED) is 0.832. The number of nitrogens with one attached hydrogen (secondary N) is 1. The van der Waals surface area contributed by atoms with Crippen molar-refractivity contribution in [2.75, 3.05) is 5.32 Å². The summed E-state index contributed by atoms with van der Waals surface area (Å²) in [4.78, 5) is 11.5. The molecule has 2 aromatic rings. The number of hydrogen-bond donors (Lipinski definition) is 1. The third-order valence-electron chi connectivity index (χ3n) is 2.47. The molecule has 0 aromatic heterocycles. The Kier molecular flexibility index (Phi) is 4.11. The number of anilines is 1. The lowest BCUT2D eigenvalue weighted by Crippen LogP contribution is -2.17. The number of rotatable bonds is 2. The number of carbonyl (C=O) groups excluding carboxylic acids is 1. The first-order chi connectivity index (χ1) is 9.86. The van der Waals surface area contributed by atoms with Crippen molar-refractivity contribution in [2.24, 2.45) is 0 Å². The van der Waals surface area contributed by atoms with E-state index < -0.39 is 23.7 Å². The highest BCUT2D eigenvalue weighted by molar-refractivity contribution is 5.86. The summed E-state index contributed by atoms with van der Waals surface area (Å²) in [5, 5.41) is 2.14. The molecule has 7 heteroatoms. The fourth-order valence-electron chi connectivity index (χ4n) is 1.56. The van der Waals surface area contributed by atoms with E-state index in [0.717, 1.165) is 6.07 Å². The molecule has 110 valence electrons. The molecule has 0 saturated heterocycles. The first kappa shape index (κ1) is 14.8. The van der Waals surface area contributed by atoms with Crippen molar-refractivity contribution >= 4 is 11.8 Å². The minimum absolute atomic E-state index is 0.138. The smallest absolute Gasteiger partial charge is 0.410 e. The predicted octanol–water partition coefficient (Wildman–Crippen LogP) is 4.46. The van der Waals surface area contributed by atoms with Crippen LogP contribution in [0, 0.1) is 5.82 Å². The Labute approximate surface area is 117 Å². The average molecular weight is 299 g/mol. The number of alkyl halides is 3. The molecule has 0 atom stereocenters. The lowest BCUT2D eigenvalue weighted by molar-refractivity contribution is -0.139. The van der Waals surface area contributed by atoms with E-state index in [1.165, 1.54) is 12.1 Å². The van der Waals surface area contributed by atoms with Crippen LogP contribution in [0.2, 0.25) is 0 Å². The van der Waals surface area contributed by atoms with Gasteiger partial charge in [-0.25, -0.2) is 9.18 Å². The molecule has 0 aliphatic carbocycles. The van der Waals surface area contributed by atoms with Crippen LogP contribution in [-0.2, 0) is 6.18 Å². The number of carbonyl (C=O) groups is 1. The van der Waals surface area contributed by atoms with Crippen molar-refractivity contribution in [1.82, 2.24) is 0 Å². The Morgan fingerprint density at radius 1 is 1.05 bits per heavy atom. The molecule has 2 rings (SSSR count). The second kappa shape index (κ2) is 5.82. The van der Waals surface area contributed by atoms with Crippen LogP contribution >= 0.6 is 0 Å². The number of para-hydroxylation sites is 1. The van der Waals surface area contributed by atoms with Crippen molar-refractivity contribution in [3.63, 3.8) is 0 Å². The minimum atomic E-state index is -4.78. The van der Waals surface area contributed by atoms with Crippen LogP contribution in [0.3, 0.4) is 0 Å². The van der Waals surface area contributed by atoms with E-state index in [2.05, 4.69) is 5.32 Å². The summed E-state index contributed by atoms with van der Waals surface area (Å²) >= 11 is 0. The molecule has 0 saturated carbocycles. The average Bonchev–Trinajstić information content (AvgIpc) is 2.38. The van der Waals surface area contributed by atoms with Gasteiger partial charge in [0.2, 0.25) is 0 Å². The van der Waals surface area contributed by atoms with Crippen molar-refractivity contribution < 1.29 is 27.1 Å². The van der Waals surface area contributed by atoms with Crippen LogP contribution in [0.4, 0.5) is 28.0 Å². The number of hydrogen-bond acceptors (Lipinski definition) is 2. The van der Waals surface area contributed by atoms with Gasteiger partial charge in [0.15, 0.2) is 0 Å². The lowest BCUT2D eigenvalue weighted by Gasteiger charge is -2.10. The SMILES string of the molecule is O=C(Nc1ccc(C(F)(F)F)c(F)c1)Oc1ccccc1. The van der Waals surface area contributed by atoms with E-state index in [1.54, 1.807) is 18.2 Å². The second-order valence-corrected chi connectivity index (χ2v) is 4.02. The molecule has 0 aliphatic rings. The van der Waals surface area contributed by atoms with Crippen LogP contribution in [0.15, 0.2) is 48.5 Å². The molecular formula is C14H9F4NO2. The predicted molar refractivity (Wildman–Crippen MR) is 67.5 cm³/mol. The molecule has 1 amide bonds. The highest BCUT2D eigenvalue weighted by Gasteiger charge is 2.33. The molecule has 0 fully saturated rings. The maximum absolute atomic E-state index is 13.3. The van der Waals surface area contributed by atoms with Crippen LogP contribution < -0.4 is 10.1 Å². The Balaban J connectivity index is 2.07. The molecular weight excluding hydrogens is 290 g/mol. The zero-order valence-corrected chi connectivity index (χ0v) is 10.4. The lowest BCUT2D eigenvalue weighted by atomic mass is 10.2. The maximum atomic E-state index is 13.3. The number of benzene rings is 2. The highest BCUT2D eigenvalue weighted by Crippen LogP contribution is 2.32. The van der Waals surface area contributed by atoms with Gasteiger partial charge < -0.3 is 4.74 Å². The molecule has 2 aromatic carbocycles. The highest BCUT2D eigenvalue weighted by atomic mass is 19.4. The summed E-state index contributed by atoms with van der Waals surface area (Å²) in [6.45, 7) is 0. The number of halogens is 4. The molecule has 0 spiro atoms. The molecule has 0 radical (unpaired) electrons. The van der Waals surface area contributed by atoms with E-state index in [1.807, 2.05) is 0 Å². The van der Waals surface area contributed by atoms with E-state index in [9.17, 15) is 22.4 Å². The normalized spacial score (nSPS) is 11.0. The van der Waals surface area contributed by atoms with Gasteiger partial charge in [-0.2, -0.15) is 13.2 Å². The molecule has 0 bridgehead atoms. The van der Waals surface area contributed by atoms with Gasteiger partial charge >= 0.3 is 12.3 Å². The first-order valence-electron chi connectivity index (χ1n) is 5.77. The third kappa shape index (κ3) is 3.95. The monoisotopic (exact) mass is 299 g/mol. The van der Waals surface area contributed by atoms with E-state index >= 15 is 0 Å². The molecule has 0 aliphatic heterocycles. The van der Waals surface area contributed by atoms with Gasteiger partial charge in [-0.05, 0) is 30.3 Å². The Morgan fingerprint density at radius 3 is 2.29 bits per heavy atom. The minimum Gasteiger partial charge on any atom is -0.410 e. The van der Waals surface area contributed by atoms with Gasteiger partial charge in [0.05, 0.1) is 5.56 Å². The zero-order valence-electron chi connectivity index (χ0n) is 10.4. The summed E-state index contributed by atoms with van der Waals surface area (Å²) in [6.07, 6.45) is -5.71. The fraction of sp³-hybridized carbons (Fsp3) is 0.0714. The Hall–Kier alpha value is -2.57. The van der Waals surface area contributed by atoms with Gasteiger partial charge in [0, 0.05) is 5.69 Å². The van der Waals surface area contributed by atoms with Crippen LogP contribution in [0.25, 0.3) is 0 Å². The van der Waals surface area contributed by atoms with Gasteiger partial charge in [-0.15, -0.1) is 0 Å². The number of amides is 1. The summed E-state index contributed by atoms with van der Waals surface area (Å²) < 4.78 is 55.3. The van der Waals surface area contributed by atoms with Crippen LogP contribution in [-0.4, -0.2) is 6.09 Å². The Morgan fingerprint density at radius 2 is 1.71 bits per heavy atom. The maximum Gasteiger partial charge on any atom is 0.419 e. The summed E-state index contributed by atoms with van der Waals surface area (Å²) in [7, 11) is 0. The van der Waals surface area contributed by atoms with E-state index in [4.69, 9.17) is 4.74 Å². The van der Waals surface area contributed by atoms with Crippen molar-refractivity contribution in [3.05, 3.63) is 59.9 Å².